The van der Waals surface area contributed by atoms with Crippen molar-refractivity contribution in [3.8, 4) is 11.1 Å². The fourth-order valence-corrected chi connectivity index (χ4v) is 6.20. The molecule has 0 saturated heterocycles. The van der Waals surface area contributed by atoms with Gasteiger partial charge in [0.25, 0.3) is 0 Å². The van der Waals surface area contributed by atoms with Gasteiger partial charge in [-0.05, 0) is 55.5 Å². The van der Waals surface area contributed by atoms with Crippen LogP contribution in [-0.2, 0) is 20.0 Å². The van der Waals surface area contributed by atoms with Crippen LogP contribution < -0.4 is 14.8 Å². The lowest BCUT2D eigenvalue weighted by atomic mass is 9.92. The number of hydrogen-bond donors (Lipinski definition) is 4. The maximum atomic E-state index is 12.2. The quantitative estimate of drug-likeness (QED) is 0.313. The van der Waals surface area contributed by atoms with Gasteiger partial charge >= 0.3 is 0 Å². The zero-order chi connectivity index (χ0) is 24.3. The molecule has 184 valence electrons. The number of halogens is 1. The van der Waals surface area contributed by atoms with E-state index in [1.165, 1.54) is 0 Å². The van der Waals surface area contributed by atoms with Crippen molar-refractivity contribution in [2.75, 3.05) is 23.9 Å². The van der Waals surface area contributed by atoms with E-state index in [-0.39, 0.29) is 24.4 Å². The van der Waals surface area contributed by atoms with Crippen molar-refractivity contribution in [2.45, 2.75) is 37.8 Å². The molecule has 10 nitrogen and oxygen atoms in total. The van der Waals surface area contributed by atoms with Crippen LogP contribution >= 0.6 is 11.6 Å². The molecule has 0 atom stereocenters. The highest BCUT2D eigenvalue weighted by atomic mass is 35.5. The van der Waals surface area contributed by atoms with Crippen LogP contribution in [0, 0.1) is 0 Å². The highest BCUT2D eigenvalue weighted by Gasteiger charge is 2.25. The van der Waals surface area contributed by atoms with Crippen molar-refractivity contribution in [1.29, 1.82) is 0 Å². The number of aromatic amines is 1. The average Bonchev–Trinajstić information content (AvgIpc) is 3.18. The van der Waals surface area contributed by atoms with Crippen molar-refractivity contribution in [3.63, 3.8) is 0 Å². The second-order valence-corrected chi connectivity index (χ2v) is 12.6. The number of rotatable bonds is 9. The van der Waals surface area contributed by atoms with Gasteiger partial charge in [0.1, 0.15) is 16.6 Å². The summed E-state index contributed by atoms with van der Waals surface area (Å²) in [6, 6.07) is 7.60. The number of aromatic nitrogens is 3. The predicted octanol–water partition coefficient (Wildman–Crippen LogP) is 2.47. The minimum Gasteiger partial charge on any atom is -0.367 e. The highest BCUT2D eigenvalue weighted by Crippen LogP contribution is 2.31. The Morgan fingerprint density at radius 1 is 1.12 bits per heavy atom. The third kappa shape index (κ3) is 6.66. The number of anilines is 1. The smallest absolute Gasteiger partial charge is 0.213 e. The molecule has 1 fully saturated rings. The number of sulfonamides is 2. The number of fused-ring (bicyclic) bond motifs is 1. The molecular formula is C21H27ClN6O4S2. The minimum atomic E-state index is -3.57. The first-order valence-corrected chi connectivity index (χ1v) is 14.8. The van der Waals surface area contributed by atoms with E-state index in [9.17, 15) is 16.8 Å². The standard InChI is InChI=1S/C21H27ClN6O4S2/c1-33(29,30)25-9-10-34(31,32)28-16-6-4-15(5-7-16)26-20-12-14(11-19(22)27-20)18-13-24-21-17(18)3-2-8-23-21/h2-3,8,11-13,15-16,25,28H,4-7,9-10H2,1H3,(H,23,24)(H,26,27). The molecule has 3 heterocycles. The number of nitrogens with one attached hydrogen (secondary N) is 4. The molecule has 0 bridgehead atoms. The van der Waals surface area contributed by atoms with Crippen LogP contribution in [0.1, 0.15) is 25.7 Å². The Hall–Kier alpha value is -2.25. The van der Waals surface area contributed by atoms with Gasteiger partial charge in [0.2, 0.25) is 20.0 Å². The topological polar surface area (TPSA) is 146 Å². The number of hydrogen-bond acceptors (Lipinski definition) is 7. The van der Waals surface area contributed by atoms with Gasteiger partial charge in [0.15, 0.2) is 0 Å². The third-order valence-electron chi connectivity index (χ3n) is 5.72. The maximum absolute atomic E-state index is 12.2. The van der Waals surface area contributed by atoms with Crippen LogP contribution in [-0.4, -0.2) is 62.4 Å². The van der Waals surface area contributed by atoms with Gasteiger partial charge in [-0.1, -0.05) is 11.6 Å². The molecule has 0 spiro atoms. The molecule has 4 rings (SSSR count). The summed E-state index contributed by atoms with van der Waals surface area (Å²) >= 11 is 6.30. The first-order valence-electron chi connectivity index (χ1n) is 10.9. The lowest BCUT2D eigenvalue weighted by Gasteiger charge is -2.30. The van der Waals surface area contributed by atoms with E-state index in [1.807, 2.05) is 30.5 Å². The van der Waals surface area contributed by atoms with Crippen LogP contribution in [0.4, 0.5) is 5.82 Å². The Labute approximate surface area is 204 Å². The summed E-state index contributed by atoms with van der Waals surface area (Å²) in [6.07, 6.45) is 7.48. The molecule has 0 aliphatic heterocycles. The lowest BCUT2D eigenvalue weighted by Crippen LogP contribution is -2.42. The van der Waals surface area contributed by atoms with E-state index in [0.29, 0.717) is 23.8 Å². The van der Waals surface area contributed by atoms with Gasteiger partial charge in [-0.2, -0.15) is 0 Å². The number of H-pyrrole nitrogens is 1. The molecule has 0 radical (unpaired) electrons. The van der Waals surface area contributed by atoms with Crippen molar-refractivity contribution in [3.05, 3.63) is 41.8 Å². The number of nitrogens with zero attached hydrogens (tertiary/aromatic N) is 2. The zero-order valence-corrected chi connectivity index (χ0v) is 21.0. The molecule has 0 amide bonds. The second-order valence-electron chi connectivity index (χ2n) is 8.46. The first kappa shape index (κ1) is 24.9. The maximum Gasteiger partial charge on any atom is 0.213 e. The summed E-state index contributed by atoms with van der Waals surface area (Å²) in [4.78, 5) is 11.9. The molecule has 0 aromatic carbocycles. The SMILES string of the molecule is CS(=O)(=O)NCCS(=O)(=O)NC1CCC(Nc2cc(-c3c[nH]c4ncccc34)cc(Cl)n2)CC1. The lowest BCUT2D eigenvalue weighted by molar-refractivity contribution is 0.387. The van der Waals surface area contributed by atoms with Crippen LogP contribution in [0.5, 0.6) is 0 Å². The van der Waals surface area contributed by atoms with E-state index >= 15 is 0 Å². The Kier molecular flexibility index (Phi) is 7.43. The van der Waals surface area contributed by atoms with Gasteiger partial charge in [-0.25, -0.2) is 36.2 Å². The summed E-state index contributed by atoms with van der Waals surface area (Å²) < 4.78 is 51.6. The first-order chi connectivity index (χ1) is 16.1. The van der Waals surface area contributed by atoms with Gasteiger partial charge < -0.3 is 10.3 Å². The molecule has 4 N–H and O–H groups in total. The average molecular weight is 527 g/mol. The van der Waals surface area contributed by atoms with Crippen molar-refractivity contribution in [2.24, 2.45) is 0 Å². The fourth-order valence-electron chi connectivity index (χ4n) is 4.16. The Bertz CT molecular complexity index is 1370. The molecule has 34 heavy (non-hydrogen) atoms. The molecular weight excluding hydrogens is 500 g/mol. The van der Waals surface area contributed by atoms with Gasteiger partial charge in [0, 0.05) is 42.0 Å². The van der Waals surface area contributed by atoms with Crippen molar-refractivity contribution < 1.29 is 16.8 Å². The molecule has 1 aliphatic rings. The molecule has 3 aromatic rings. The zero-order valence-electron chi connectivity index (χ0n) is 18.6. The van der Waals surface area contributed by atoms with Crippen molar-refractivity contribution >= 4 is 48.5 Å². The summed E-state index contributed by atoms with van der Waals surface area (Å²) in [6.45, 7) is -0.152. The molecule has 0 unspecified atom stereocenters. The molecule has 3 aromatic heterocycles. The summed E-state index contributed by atoms with van der Waals surface area (Å²) in [5.41, 5.74) is 2.71. The predicted molar refractivity (Wildman–Crippen MR) is 134 cm³/mol. The summed E-state index contributed by atoms with van der Waals surface area (Å²) in [5.74, 6) is 0.369. The molecule has 1 aliphatic carbocycles. The second kappa shape index (κ2) is 10.2. The fraction of sp³-hybridized carbons (Fsp3) is 0.429. The van der Waals surface area contributed by atoms with E-state index in [0.717, 1.165) is 41.3 Å². The van der Waals surface area contributed by atoms with Crippen LogP contribution in [0.2, 0.25) is 5.15 Å². The van der Waals surface area contributed by atoms with E-state index in [4.69, 9.17) is 11.6 Å². The van der Waals surface area contributed by atoms with Gasteiger partial charge in [-0.3, -0.25) is 0 Å². The van der Waals surface area contributed by atoms with Crippen LogP contribution in [0.3, 0.4) is 0 Å². The van der Waals surface area contributed by atoms with E-state index in [2.05, 4.69) is 29.7 Å². The normalized spacial score (nSPS) is 19.4. The third-order valence-corrected chi connectivity index (χ3v) is 8.07. The number of pyridine rings is 2. The molecule has 13 heteroatoms. The van der Waals surface area contributed by atoms with Crippen LogP contribution in [0.25, 0.3) is 22.2 Å². The Morgan fingerprint density at radius 3 is 2.59 bits per heavy atom. The van der Waals surface area contributed by atoms with Crippen molar-refractivity contribution in [1.82, 2.24) is 24.4 Å². The summed E-state index contributed by atoms with van der Waals surface area (Å²) in [7, 11) is -6.99. The van der Waals surface area contributed by atoms with E-state index in [1.54, 1.807) is 6.20 Å². The highest BCUT2D eigenvalue weighted by molar-refractivity contribution is 7.90. The van der Waals surface area contributed by atoms with Crippen LogP contribution in [0.15, 0.2) is 36.7 Å². The van der Waals surface area contributed by atoms with E-state index < -0.39 is 20.0 Å². The Balaban J connectivity index is 1.35. The summed E-state index contributed by atoms with van der Waals surface area (Å²) in [5, 5.41) is 4.80. The monoisotopic (exact) mass is 526 g/mol. The largest absolute Gasteiger partial charge is 0.367 e. The molecule has 1 saturated carbocycles. The van der Waals surface area contributed by atoms with Gasteiger partial charge in [-0.15, -0.1) is 0 Å². The Morgan fingerprint density at radius 2 is 1.85 bits per heavy atom. The van der Waals surface area contributed by atoms with Gasteiger partial charge in [0.05, 0.1) is 12.0 Å². The minimum absolute atomic E-state index is 0.135.